The lowest BCUT2D eigenvalue weighted by atomic mass is 10.2. The van der Waals surface area contributed by atoms with Crippen molar-refractivity contribution in [3.05, 3.63) is 65.7 Å². The van der Waals surface area contributed by atoms with Crippen LogP contribution in [-0.4, -0.2) is 24.9 Å². The Morgan fingerprint density at radius 1 is 1.05 bits per heavy atom. The summed E-state index contributed by atoms with van der Waals surface area (Å²) in [6.45, 7) is 2.09. The summed E-state index contributed by atoms with van der Waals surface area (Å²) in [5, 5.41) is 0. The van der Waals surface area contributed by atoms with Crippen molar-refractivity contribution >= 4 is 20.8 Å². The molecule has 2 aromatic carbocycles. The van der Waals surface area contributed by atoms with Gasteiger partial charge in [0.05, 0.1) is 16.6 Å². The standard InChI is InChI=1S/C16H19NO3S2/c1-14-6-5-7-15(12-14)13-22(19,20)17-10-11-21(18)16-8-3-2-4-9-16/h2-9,12,17H,10-11,13H2,1H3/t21-/m1/s1. The molecule has 4 nitrogen and oxygen atoms in total. The highest BCUT2D eigenvalue weighted by molar-refractivity contribution is 7.88. The van der Waals surface area contributed by atoms with E-state index in [1.807, 2.05) is 43.3 Å². The normalized spacial score (nSPS) is 13.0. The van der Waals surface area contributed by atoms with E-state index in [0.29, 0.717) is 4.90 Å². The molecule has 2 rings (SSSR count). The summed E-state index contributed by atoms with van der Waals surface area (Å²) in [4.78, 5) is 0.709. The van der Waals surface area contributed by atoms with Crippen molar-refractivity contribution in [2.45, 2.75) is 17.6 Å². The molecule has 0 saturated heterocycles. The zero-order chi connectivity index (χ0) is 16.0. The minimum Gasteiger partial charge on any atom is -0.254 e. The van der Waals surface area contributed by atoms with Gasteiger partial charge in [-0.2, -0.15) is 0 Å². The van der Waals surface area contributed by atoms with Gasteiger partial charge in [-0.3, -0.25) is 4.21 Å². The molecule has 0 fully saturated rings. The monoisotopic (exact) mass is 337 g/mol. The van der Waals surface area contributed by atoms with Crippen molar-refractivity contribution in [3.8, 4) is 0 Å². The van der Waals surface area contributed by atoms with Crippen LogP contribution >= 0.6 is 0 Å². The molecule has 0 aliphatic rings. The van der Waals surface area contributed by atoms with Gasteiger partial charge in [0.25, 0.3) is 0 Å². The number of benzene rings is 2. The number of sulfonamides is 1. The largest absolute Gasteiger partial charge is 0.254 e. The first-order chi connectivity index (χ1) is 10.5. The van der Waals surface area contributed by atoms with E-state index in [1.165, 1.54) is 0 Å². The highest BCUT2D eigenvalue weighted by Gasteiger charge is 2.12. The van der Waals surface area contributed by atoms with E-state index in [2.05, 4.69) is 4.72 Å². The molecule has 0 aromatic heterocycles. The number of hydrogen-bond donors (Lipinski definition) is 1. The lowest BCUT2D eigenvalue weighted by molar-refractivity contribution is 0.583. The molecule has 6 heteroatoms. The maximum Gasteiger partial charge on any atom is 0.215 e. The van der Waals surface area contributed by atoms with Crippen molar-refractivity contribution in [2.24, 2.45) is 0 Å². The fourth-order valence-corrected chi connectivity index (χ4v) is 4.30. The average Bonchev–Trinajstić information content (AvgIpc) is 2.47. The second-order valence-corrected chi connectivity index (χ2v) is 8.38. The topological polar surface area (TPSA) is 63.2 Å². The first kappa shape index (κ1) is 16.9. The molecule has 2 aromatic rings. The average molecular weight is 337 g/mol. The van der Waals surface area contributed by atoms with Crippen molar-refractivity contribution in [1.29, 1.82) is 0 Å². The fraction of sp³-hybridized carbons (Fsp3) is 0.250. The predicted molar refractivity (Wildman–Crippen MR) is 89.5 cm³/mol. The maximum absolute atomic E-state index is 12.0. The Labute approximate surface area is 134 Å². The third-order valence-corrected chi connectivity index (χ3v) is 5.78. The Morgan fingerprint density at radius 2 is 1.77 bits per heavy atom. The van der Waals surface area contributed by atoms with E-state index in [-0.39, 0.29) is 18.1 Å². The minimum absolute atomic E-state index is 0.0628. The molecule has 0 amide bonds. The van der Waals surface area contributed by atoms with Gasteiger partial charge < -0.3 is 0 Å². The highest BCUT2D eigenvalue weighted by atomic mass is 32.2. The molecule has 22 heavy (non-hydrogen) atoms. The molecule has 1 N–H and O–H groups in total. The Kier molecular flexibility index (Phi) is 5.88. The molecule has 0 unspecified atom stereocenters. The number of nitrogens with one attached hydrogen (secondary N) is 1. The summed E-state index contributed by atoms with van der Waals surface area (Å²) in [5.41, 5.74) is 1.77. The highest BCUT2D eigenvalue weighted by Crippen LogP contribution is 2.08. The van der Waals surface area contributed by atoms with Crippen LogP contribution in [0.4, 0.5) is 0 Å². The third-order valence-electron chi connectivity index (χ3n) is 3.05. The number of rotatable bonds is 7. The van der Waals surface area contributed by atoms with E-state index >= 15 is 0 Å². The van der Waals surface area contributed by atoms with E-state index in [4.69, 9.17) is 0 Å². The lowest BCUT2D eigenvalue weighted by Crippen LogP contribution is -2.29. The Hall–Kier alpha value is -1.50. The van der Waals surface area contributed by atoms with Gasteiger partial charge in [0.15, 0.2) is 0 Å². The summed E-state index contributed by atoms with van der Waals surface area (Å²) >= 11 is 0. The van der Waals surface area contributed by atoms with E-state index in [0.717, 1.165) is 11.1 Å². The zero-order valence-corrected chi connectivity index (χ0v) is 14.0. The maximum atomic E-state index is 12.0. The van der Waals surface area contributed by atoms with Crippen LogP contribution in [-0.2, 0) is 26.6 Å². The van der Waals surface area contributed by atoms with Gasteiger partial charge in [0, 0.05) is 17.2 Å². The molecule has 0 spiro atoms. The summed E-state index contributed by atoms with van der Waals surface area (Å²) in [6, 6.07) is 16.4. The predicted octanol–water partition coefficient (Wildman–Crippen LogP) is 2.22. The van der Waals surface area contributed by atoms with Crippen molar-refractivity contribution in [1.82, 2.24) is 4.72 Å². The van der Waals surface area contributed by atoms with Gasteiger partial charge in [-0.05, 0) is 24.6 Å². The van der Waals surface area contributed by atoms with Crippen LogP contribution in [0.1, 0.15) is 11.1 Å². The van der Waals surface area contributed by atoms with Crippen molar-refractivity contribution < 1.29 is 12.6 Å². The molecule has 118 valence electrons. The molecular formula is C16H19NO3S2. The molecule has 0 radical (unpaired) electrons. The second-order valence-electron chi connectivity index (χ2n) is 5.01. The summed E-state index contributed by atoms with van der Waals surface area (Å²) in [5.74, 6) is 0.198. The molecule has 0 heterocycles. The van der Waals surface area contributed by atoms with Gasteiger partial charge in [-0.1, -0.05) is 48.0 Å². The van der Waals surface area contributed by atoms with Crippen LogP contribution in [0.25, 0.3) is 0 Å². The third kappa shape index (κ3) is 5.36. The quantitative estimate of drug-likeness (QED) is 0.843. The lowest BCUT2D eigenvalue weighted by Gasteiger charge is -2.07. The molecule has 0 bridgehead atoms. The van der Waals surface area contributed by atoms with E-state index < -0.39 is 20.8 Å². The fourth-order valence-electron chi connectivity index (χ4n) is 2.05. The molecule has 0 aliphatic carbocycles. The minimum atomic E-state index is -3.41. The zero-order valence-electron chi connectivity index (χ0n) is 12.4. The van der Waals surface area contributed by atoms with Crippen LogP contribution in [0.3, 0.4) is 0 Å². The van der Waals surface area contributed by atoms with Gasteiger partial charge in [-0.25, -0.2) is 13.1 Å². The molecule has 0 aliphatic heterocycles. The van der Waals surface area contributed by atoms with Crippen LogP contribution in [0, 0.1) is 6.92 Å². The van der Waals surface area contributed by atoms with E-state index in [1.54, 1.807) is 18.2 Å². The summed E-state index contributed by atoms with van der Waals surface area (Å²) < 4.78 is 38.6. The molecular weight excluding hydrogens is 318 g/mol. The second kappa shape index (κ2) is 7.67. The van der Waals surface area contributed by atoms with Gasteiger partial charge in [-0.15, -0.1) is 0 Å². The van der Waals surface area contributed by atoms with Crippen molar-refractivity contribution in [2.75, 3.05) is 12.3 Å². The Morgan fingerprint density at radius 3 is 2.45 bits per heavy atom. The van der Waals surface area contributed by atoms with E-state index in [9.17, 15) is 12.6 Å². The number of hydrogen-bond acceptors (Lipinski definition) is 3. The Balaban J connectivity index is 1.86. The van der Waals surface area contributed by atoms with Crippen LogP contribution < -0.4 is 4.72 Å². The van der Waals surface area contributed by atoms with Crippen molar-refractivity contribution in [3.63, 3.8) is 0 Å². The summed E-state index contributed by atoms with van der Waals surface area (Å²) in [6.07, 6.45) is 0. The van der Waals surface area contributed by atoms with Crippen LogP contribution in [0.5, 0.6) is 0 Å². The number of aryl methyl sites for hydroxylation is 1. The Bertz CT molecular complexity index is 743. The first-order valence-corrected chi connectivity index (χ1v) is 9.90. The SMILES string of the molecule is Cc1cccc(CS(=O)(=O)NCC[S@@](=O)c2ccccc2)c1. The van der Waals surface area contributed by atoms with Gasteiger partial charge in [0.2, 0.25) is 10.0 Å². The van der Waals surface area contributed by atoms with Gasteiger partial charge >= 0.3 is 0 Å². The van der Waals surface area contributed by atoms with Crippen LogP contribution in [0.2, 0.25) is 0 Å². The molecule has 1 atom stereocenters. The molecule has 0 saturated carbocycles. The van der Waals surface area contributed by atoms with Crippen LogP contribution in [0.15, 0.2) is 59.5 Å². The first-order valence-electron chi connectivity index (χ1n) is 6.92. The smallest absolute Gasteiger partial charge is 0.215 e. The summed E-state index contributed by atoms with van der Waals surface area (Å²) in [7, 11) is -4.61. The van der Waals surface area contributed by atoms with Gasteiger partial charge in [0.1, 0.15) is 0 Å².